The molecule has 0 atom stereocenters. The zero-order chi connectivity index (χ0) is 15.8. The number of benzene rings is 1. The summed E-state index contributed by atoms with van der Waals surface area (Å²) in [5.41, 5.74) is 6.02. The van der Waals surface area contributed by atoms with Gasteiger partial charge in [0.25, 0.3) is 5.91 Å². The van der Waals surface area contributed by atoms with E-state index in [1.165, 1.54) is 0 Å². The number of ether oxygens (including phenoxy) is 2. The van der Waals surface area contributed by atoms with Crippen LogP contribution in [0.1, 0.15) is 5.56 Å². The minimum absolute atomic E-state index is 0. The molecule has 0 bridgehead atoms. The van der Waals surface area contributed by atoms with Crippen LogP contribution in [0.3, 0.4) is 0 Å². The summed E-state index contributed by atoms with van der Waals surface area (Å²) in [7, 11) is 0. The molecule has 1 amide bonds. The first-order valence-electron chi connectivity index (χ1n) is 7.35. The van der Waals surface area contributed by atoms with Gasteiger partial charge in [0.15, 0.2) is 6.61 Å². The Morgan fingerprint density at radius 1 is 1.33 bits per heavy atom. The molecular weight excluding hydrogens is 377 g/mol. The normalized spacial score (nSPS) is 14.4. The smallest absolute Gasteiger partial charge is 0.255 e. The lowest BCUT2D eigenvalue weighted by atomic mass is 10.2. The molecule has 0 radical (unpaired) electrons. The molecule has 1 aliphatic rings. The molecule has 0 unspecified atom stereocenters. The first kappa shape index (κ1) is 23.2. The third-order valence-electron chi connectivity index (χ3n) is 3.42. The molecule has 1 aliphatic heterocycles. The van der Waals surface area contributed by atoms with Gasteiger partial charge >= 0.3 is 0 Å². The first-order valence-corrected chi connectivity index (χ1v) is 7.73. The SMILES string of the molecule is NC(=O)COc1ccc(Cl)cc1CNCCN1CCOCC1.[Cl-].[Cl-]. The van der Waals surface area contributed by atoms with Gasteiger partial charge in [-0.2, -0.15) is 0 Å². The quantitative estimate of drug-likeness (QED) is 0.428. The fourth-order valence-electron chi connectivity index (χ4n) is 2.26. The van der Waals surface area contributed by atoms with E-state index >= 15 is 0 Å². The average Bonchev–Trinajstić information content (AvgIpc) is 2.51. The third kappa shape index (κ3) is 8.37. The zero-order valence-corrected chi connectivity index (χ0v) is 15.5. The lowest BCUT2D eigenvalue weighted by Crippen LogP contribution is -3.00. The Labute approximate surface area is 159 Å². The molecule has 0 saturated carbocycles. The molecule has 1 aromatic carbocycles. The molecule has 0 spiro atoms. The van der Waals surface area contributed by atoms with E-state index in [0.29, 0.717) is 17.3 Å². The van der Waals surface area contributed by atoms with Crippen molar-refractivity contribution in [2.75, 3.05) is 46.0 Å². The predicted octanol–water partition coefficient (Wildman–Crippen LogP) is -5.37. The van der Waals surface area contributed by atoms with Gasteiger partial charge in [-0.1, -0.05) is 11.6 Å². The molecule has 1 aromatic rings. The Morgan fingerprint density at radius 2 is 2.04 bits per heavy atom. The molecule has 0 aromatic heterocycles. The molecular formula is C15H22Cl3N3O3-2. The summed E-state index contributed by atoms with van der Waals surface area (Å²) in [6.07, 6.45) is 0. The van der Waals surface area contributed by atoms with Crippen molar-refractivity contribution in [2.45, 2.75) is 6.54 Å². The number of carbonyl (C=O) groups is 1. The van der Waals surface area contributed by atoms with Crippen molar-refractivity contribution in [3.8, 4) is 5.75 Å². The molecule has 1 saturated heterocycles. The summed E-state index contributed by atoms with van der Waals surface area (Å²) in [5, 5.41) is 4.00. The Hall–Kier alpha value is -0.760. The average molecular weight is 399 g/mol. The monoisotopic (exact) mass is 397 g/mol. The molecule has 6 nitrogen and oxygen atoms in total. The van der Waals surface area contributed by atoms with Crippen LogP contribution < -0.4 is 40.6 Å². The van der Waals surface area contributed by atoms with E-state index in [0.717, 1.165) is 45.0 Å². The summed E-state index contributed by atoms with van der Waals surface area (Å²) < 4.78 is 10.7. The minimum Gasteiger partial charge on any atom is -1.00 e. The fourth-order valence-corrected chi connectivity index (χ4v) is 2.46. The van der Waals surface area contributed by atoms with Crippen molar-refractivity contribution >= 4 is 17.5 Å². The van der Waals surface area contributed by atoms with E-state index in [1.54, 1.807) is 12.1 Å². The number of nitrogens with zero attached hydrogens (tertiary/aromatic N) is 1. The number of hydrogen-bond donors (Lipinski definition) is 2. The number of amides is 1. The standard InChI is InChI=1S/C15H22ClN3O3.2ClH/c16-13-1-2-14(22-11-15(17)20)12(9-13)10-18-3-4-19-5-7-21-8-6-19;;/h1-2,9,18H,3-8,10-11H2,(H2,17,20);2*1H/p-2. The molecule has 0 aliphatic carbocycles. The van der Waals surface area contributed by atoms with Crippen LogP contribution in [0, 0.1) is 0 Å². The van der Waals surface area contributed by atoms with Gasteiger partial charge in [-0.05, 0) is 18.2 Å². The van der Waals surface area contributed by atoms with Gasteiger partial charge in [0.05, 0.1) is 13.2 Å². The largest absolute Gasteiger partial charge is 1.00 e. The zero-order valence-electron chi connectivity index (χ0n) is 13.3. The minimum atomic E-state index is -0.499. The molecule has 1 heterocycles. The van der Waals surface area contributed by atoms with E-state index in [9.17, 15) is 4.79 Å². The second kappa shape index (κ2) is 12.6. The maximum Gasteiger partial charge on any atom is 0.255 e. The van der Waals surface area contributed by atoms with Crippen LogP contribution in [0.5, 0.6) is 5.75 Å². The van der Waals surface area contributed by atoms with E-state index in [1.807, 2.05) is 6.07 Å². The second-order valence-electron chi connectivity index (χ2n) is 5.14. The van der Waals surface area contributed by atoms with Crippen molar-refractivity contribution in [3.05, 3.63) is 28.8 Å². The van der Waals surface area contributed by atoms with E-state index < -0.39 is 5.91 Å². The van der Waals surface area contributed by atoms with Gasteiger partial charge in [0.1, 0.15) is 5.75 Å². The molecule has 1 fully saturated rings. The molecule has 2 rings (SSSR count). The Balaban J connectivity index is 0.00000264. The van der Waals surface area contributed by atoms with Crippen molar-refractivity contribution < 1.29 is 39.1 Å². The Kier molecular flexibility index (Phi) is 12.2. The van der Waals surface area contributed by atoms with Crippen molar-refractivity contribution in [1.29, 1.82) is 0 Å². The first-order chi connectivity index (χ1) is 10.6. The Bertz CT molecular complexity index is 500. The van der Waals surface area contributed by atoms with E-state index in [2.05, 4.69) is 10.2 Å². The van der Waals surface area contributed by atoms with Gasteiger partial charge in [0.2, 0.25) is 0 Å². The van der Waals surface area contributed by atoms with Crippen molar-refractivity contribution in [2.24, 2.45) is 5.73 Å². The number of hydrogen-bond acceptors (Lipinski definition) is 5. The van der Waals surface area contributed by atoms with E-state index in [4.69, 9.17) is 26.8 Å². The van der Waals surface area contributed by atoms with Gasteiger partial charge in [0, 0.05) is 43.3 Å². The number of primary amides is 1. The summed E-state index contributed by atoms with van der Waals surface area (Å²) in [5.74, 6) is 0.128. The maximum absolute atomic E-state index is 10.8. The van der Waals surface area contributed by atoms with Crippen LogP contribution in [0.2, 0.25) is 5.02 Å². The number of rotatable bonds is 8. The highest BCUT2D eigenvalue weighted by Gasteiger charge is 2.10. The number of morpholine rings is 1. The summed E-state index contributed by atoms with van der Waals surface area (Å²) in [6, 6.07) is 5.32. The van der Waals surface area contributed by atoms with E-state index in [-0.39, 0.29) is 31.4 Å². The maximum atomic E-state index is 10.8. The van der Waals surface area contributed by atoms with Crippen LogP contribution in [0.25, 0.3) is 0 Å². The van der Waals surface area contributed by atoms with Gasteiger partial charge in [-0.3, -0.25) is 9.69 Å². The lowest BCUT2D eigenvalue weighted by Gasteiger charge is -2.26. The van der Waals surface area contributed by atoms with Crippen LogP contribution in [-0.2, 0) is 16.1 Å². The lowest BCUT2D eigenvalue weighted by molar-refractivity contribution is -0.119. The fraction of sp³-hybridized carbons (Fsp3) is 0.533. The third-order valence-corrected chi connectivity index (χ3v) is 3.65. The van der Waals surface area contributed by atoms with Crippen LogP contribution in [0.15, 0.2) is 18.2 Å². The predicted molar refractivity (Wildman–Crippen MR) is 85.1 cm³/mol. The number of nitrogens with one attached hydrogen (secondary N) is 1. The number of nitrogens with two attached hydrogens (primary N) is 1. The highest BCUT2D eigenvalue weighted by atomic mass is 35.5. The Morgan fingerprint density at radius 3 is 2.71 bits per heavy atom. The molecule has 24 heavy (non-hydrogen) atoms. The molecule has 3 N–H and O–H groups in total. The molecule has 138 valence electrons. The van der Waals surface area contributed by atoms with Crippen molar-refractivity contribution in [3.63, 3.8) is 0 Å². The van der Waals surface area contributed by atoms with Crippen LogP contribution >= 0.6 is 11.6 Å². The van der Waals surface area contributed by atoms with Crippen LogP contribution in [-0.4, -0.2) is 56.8 Å². The van der Waals surface area contributed by atoms with Gasteiger partial charge in [-0.15, -0.1) is 0 Å². The second-order valence-corrected chi connectivity index (χ2v) is 5.57. The van der Waals surface area contributed by atoms with Gasteiger partial charge in [-0.25, -0.2) is 0 Å². The highest BCUT2D eigenvalue weighted by molar-refractivity contribution is 6.30. The summed E-state index contributed by atoms with van der Waals surface area (Å²) >= 11 is 6.02. The number of carbonyl (C=O) groups excluding carboxylic acids is 1. The van der Waals surface area contributed by atoms with Crippen LogP contribution in [0.4, 0.5) is 0 Å². The summed E-state index contributed by atoms with van der Waals surface area (Å²) in [4.78, 5) is 13.2. The van der Waals surface area contributed by atoms with Crippen molar-refractivity contribution in [1.82, 2.24) is 10.2 Å². The van der Waals surface area contributed by atoms with Gasteiger partial charge < -0.3 is 45.3 Å². The summed E-state index contributed by atoms with van der Waals surface area (Å²) in [6.45, 7) is 5.89. The number of halogens is 3. The molecule has 9 heteroatoms. The topological polar surface area (TPSA) is 76.8 Å². The highest BCUT2D eigenvalue weighted by Crippen LogP contribution is 2.22.